The third-order valence-electron chi connectivity index (χ3n) is 4.27. The fraction of sp³-hybridized carbons (Fsp3) is 0.846. The van der Waals surface area contributed by atoms with Gasteiger partial charge in [-0.05, 0) is 19.8 Å². The molecule has 0 bridgehead atoms. The zero-order chi connectivity index (χ0) is 13.2. The molecule has 5 nitrogen and oxygen atoms in total. The van der Waals surface area contributed by atoms with Crippen LogP contribution in [-0.4, -0.2) is 44.6 Å². The van der Waals surface area contributed by atoms with Gasteiger partial charge in [0.1, 0.15) is 0 Å². The maximum atomic E-state index is 4.19. The van der Waals surface area contributed by atoms with Crippen LogP contribution in [0.3, 0.4) is 0 Å². The number of rotatable bonds is 4. The number of hydrogen-bond acceptors (Lipinski definition) is 4. The molecule has 18 heavy (non-hydrogen) atoms. The highest BCUT2D eigenvalue weighted by molar-refractivity contribution is 4.99. The minimum Gasteiger partial charge on any atom is -0.308 e. The fourth-order valence-corrected chi connectivity index (χ4v) is 2.70. The van der Waals surface area contributed by atoms with Crippen molar-refractivity contribution < 1.29 is 0 Å². The number of piperazine rings is 1. The van der Waals surface area contributed by atoms with Gasteiger partial charge in [-0.3, -0.25) is 9.58 Å². The number of aryl methyl sites for hydroxylation is 1. The van der Waals surface area contributed by atoms with Crippen LogP contribution in [0.2, 0.25) is 0 Å². The first-order valence-corrected chi connectivity index (χ1v) is 6.93. The zero-order valence-corrected chi connectivity index (χ0v) is 12.0. The lowest BCUT2D eigenvalue weighted by Crippen LogP contribution is -2.62. The number of hydrogen-bond donors (Lipinski definition) is 1. The maximum absolute atomic E-state index is 4.19. The SMILES string of the molecule is CCC1(CC)CN(Cc2cn(C)nn2)C(C)CN1. The van der Waals surface area contributed by atoms with Crippen molar-refractivity contribution in [3.8, 4) is 0 Å². The largest absolute Gasteiger partial charge is 0.308 e. The Bertz CT molecular complexity index is 382. The smallest absolute Gasteiger partial charge is 0.0967 e. The Morgan fingerprint density at radius 1 is 1.44 bits per heavy atom. The van der Waals surface area contributed by atoms with Crippen LogP contribution in [0.25, 0.3) is 0 Å². The third-order valence-corrected chi connectivity index (χ3v) is 4.27. The van der Waals surface area contributed by atoms with Crippen LogP contribution in [0.5, 0.6) is 0 Å². The van der Waals surface area contributed by atoms with Gasteiger partial charge in [0, 0.05) is 44.5 Å². The summed E-state index contributed by atoms with van der Waals surface area (Å²) >= 11 is 0. The van der Waals surface area contributed by atoms with Crippen molar-refractivity contribution in [1.82, 2.24) is 25.2 Å². The van der Waals surface area contributed by atoms with E-state index in [4.69, 9.17) is 0 Å². The molecule has 0 aliphatic carbocycles. The molecule has 1 saturated heterocycles. The van der Waals surface area contributed by atoms with Gasteiger partial charge < -0.3 is 5.32 Å². The third kappa shape index (κ3) is 2.72. The Morgan fingerprint density at radius 3 is 2.72 bits per heavy atom. The second kappa shape index (κ2) is 5.36. The van der Waals surface area contributed by atoms with Crippen LogP contribution >= 0.6 is 0 Å². The van der Waals surface area contributed by atoms with Crippen molar-refractivity contribution >= 4 is 0 Å². The van der Waals surface area contributed by atoms with Crippen molar-refractivity contribution in [1.29, 1.82) is 0 Å². The minimum atomic E-state index is 0.273. The van der Waals surface area contributed by atoms with Gasteiger partial charge in [0.2, 0.25) is 0 Å². The van der Waals surface area contributed by atoms with E-state index >= 15 is 0 Å². The van der Waals surface area contributed by atoms with Gasteiger partial charge in [0.25, 0.3) is 0 Å². The van der Waals surface area contributed by atoms with Gasteiger partial charge in [-0.2, -0.15) is 0 Å². The molecule has 1 N–H and O–H groups in total. The number of nitrogens with one attached hydrogen (secondary N) is 1. The molecule has 1 aromatic heterocycles. The van der Waals surface area contributed by atoms with Crippen molar-refractivity contribution in [3.05, 3.63) is 11.9 Å². The predicted octanol–water partition coefficient (Wildman–Crippen LogP) is 1.17. The lowest BCUT2D eigenvalue weighted by molar-refractivity contribution is 0.0735. The van der Waals surface area contributed by atoms with Gasteiger partial charge in [0.05, 0.1) is 5.69 Å². The first-order valence-electron chi connectivity index (χ1n) is 6.93. The van der Waals surface area contributed by atoms with Crippen LogP contribution < -0.4 is 5.32 Å². The number of nitrogens with zero attached hydrogens (tertiary/aromatic N) is 4. The fourth-order valence-electron chi connectivity index (χ4n) is 2.70. The van der Waals surface area contributed by atoms with E-state index in [1.54, 1.807) is 4.68 Å². The summed E-state index contributed by atoms with van der Waals surface area (Å²) in [6.45, 7) is 9.87. The van der Waals surface area contributed by atoms with E-state index in [1.165, 1.54) is 12.8 Å². The van der Waals surface area contributed by atoms with Gasteiger partial charge in [0.15, 0.2) is 0 Å². The second-order valence-electron chi connectivity index (χ2n) is 5.51. The summed E-state index contributed by atoms with van der Waals surface area (Å²) in [7, 11) is 1.92. The lowest BCUT2D eigenvalue weighted by atomic mass is 9.88. The molecule has 1 fully saturated rings. The van der Waals surface area contributed by atoms with Crippen LogP contribution in [0.4, 0.5) is 0 Å². The number of aromatic nitrogens is 3. The summed E-state index contributed by atoms with van der Waals surface area (Å²) in [6, 6.07) is 0.554. The van der Waals surface area contributed by atoms with Gasteiger partial charge in [-0.15, -0.1) is 5.10 Å². The van der Waals surface area contributed by atoms with E-state index in [-0.39, 0.29) is 5.54 Å². The summed E-state index contributed by atoms with van der Waals surface area (Å²) in [5, 5.41) is 11.9. The molecule has 1 atom stereocenters. The van der Waals surface area contributed by atoms with Crippen molar-refractivity contribution in [2.24, 2.45) is 7.05 Å². The second-order valence-corrected chi connectivity index (χ2v) is 5.51. The summed E-state index contributed by atoms with van der Waals surface area (Å²) in [4.78, 5) is 2.52. The molecule has 0 spiro atoms. The van der Waals surface area contributed by atoms with Crippen molar-refractivity contribution in [3.63, 3.8) is 0 Å². The first kappa shape index (κ1) is 13.5. The van der Waals surface area contributed by atoms with Crippen LogP contribution in [0.1, 0.15) is 39.3 Å². The molecule has 1 aliphatic heterocycles. The molecule has 2 heterocycles. The quantitative estimate of drug-likeness (QED) is 0.872. The summed E-state index contributed by atoms with van der Waals surface area (Å²) in [5.41, 5.74) is 1.33. The summed E-state index contributed by atoms with van der Waals surface area (Å²) in [6.07, 6.45) is 4.36. The first-order chi connectivity index (χ1) is 8.58. The normalized spacial score (nSPS) is 24.3. The molecule has 0 saturated carbocycles. The standard InChI is InChI=1S/C13H25N5/c1-5-13(6-2)10-18(11(3)7-14-13)9-12-8-17(4)16-15-12/h8,11,14H,5-7,9-10H2,1-4H3. The van der Waals surface area contributed by atoms with E-state index in [0.29, 0.717) is 6.04 Å². The Morgan fingerprint density at radius 2 is 2.17 bits per heavy atom. The topological polar surface area (TPSA) is 46.0 Å². The van der Waals surface area contributed by atoms with Gasteiger partial charge in [-0.1, -0.05) is 19.1 Å². The Labute approximate surface area is 110 Å². The molecule has 2 rings (SSSR count). The lowest BCUT2D eigenvalue weighted by Gasteiger charge is -2.46. The van der Waals surface area contributed by atoms with E-state index in [9.17, 15) is 0 Å². The average molecular weight is 251 g/mol. The molecule has 1 aliphatic rings. The average Bonchev–Trinajstić information content (AvgIpc) is 2.78. The minimum absolute atomic E-state index is 0.273. The Kier molecular flexibility index (Phi) is 4.02. The van der Waals surface area contributed by atoms with Crippen molar-refractivity contribution in [2.45, 2.75) is 51.7 Å². The maximum Gasteiger partial charge on any atom is 0.0967 e. The van der Waals surface area contributed by atoms with Gasteiger partial charge in [-0.25, -0.2) is 0 Å². The molecule has 0 radical (unpaired) electrons. The monoisotopic (exact) mass is 251 g/mol. The van der Waals surface area contributed by atoms with Crippen LogP contribution in [0, 0.1) is 0 Å². The van der Waals surface area contributed by atoms with E-state index < -0.39 is 0 Å². The zero-order valence-electron chi connectivity index (χ0n) is 12.0. The summed E-state index contributed by atoms with van der Waals surface area (Å²) < 4.78 is 1.77. The predicted molar refractivity (Wildman–Crippen MR) is 72.2 cm³/mol. The van der Waals surface area contributed by atoms with Crippen LogP contribution in [0.15, 0.2) is 6.20 Å². The molecular weight excluding hydrogens is 226 g/mol. The molecule has 0 aromatic carbocycles. The van der Waals surface area contributed by atoms with E-state index in [0.717, 1.165) is 25.3 Å². The highest BCUT2D eigenvalue weighted by Crippen LogP contribution is 2.23. The highest BCUT2D eigenvalue weighted by Gasteiger charge is 2.35. The highest BCUT2D eigenvalue weighted by atomic mass is 15.4. The van der Waals surface area contributed by atoms with Gasteiger partial charge >= 0.3 is 0 Å². The molecular formula is C13H25N5. The van der Waals surface area contributed by atoms with Crippen molar-refractivity contribution in [2.75, 3.05) is 13.1 Å². The van der Waals surface area contributed by atoms with E-state index in [1.807, 2.05) is 13.2 Å². The molecule has 1 unspecified atom stereocenters. The van der Waals surface area contributed by atoms with Crippen LogP contribution in [-0.2, 0) is 13.6 Å². The molecule has 0 amide bonds. The van der Waals surface area contributed by atoms with E-state index in [2.05, 4.69) is 41.3 Å². The molecule has 5 heteroatoms. The Balaban J connectivity index is 2.05. The molecule has 102 valence electrons. The Hall–Kier alpha value is -0.940. The summed E-state index contributed by atoms with van der Waals surface area (Å²) in [5.74, 6) is 0. The molecule has 1 aromatic rings.